The first kappa shape index (κ1) is 12.4. The molecule has 1 aliphatic carbocycles. The van der Waals surface area contributed by atoms with Gasteiger partial charge in [0, 0.05) is 18.9 Å². The summed E-state index contributed by atoms with van der Waals surface area (Å²) in [5, 5.41) is 4.38. The van der Waals surface area contributed by atoms with Crippen molar-refractivity contribution < 1.29 is 4.74 Å². The molecular formula is C16H20N2O. The highest BCUT2D eigenvalue weighted by Crippen LogP contribution is 2.27. The van der Waals surface area contributed by atoms with E-state index in [0.717, 1.165) is 6.54 Å². The monoisotopic (exact) mass is 256 g/mol. The molecule has 0 amide bonds. The Hall–Kier alpha value is -1.61. The summed E-state index contributed by atoms with van der Waals surface area (Å²) in [6, 6.07) is 6.85. The zero-order valence-electron chi connectivity index (χ0n) is 11.4. The van der Waals surface area contributed by atoms with E-state index in [-0.39, 0.29) is 0 Å². The van der Waals surface area contributed by atoms with Crippen LogP contribution in [-0.4, -0.2) is 23.5 Å². The molecule has 19 heavy (non-hydrogen) atoms. The normalized spacial score (nSPS) is 14.4. The molecule has 0 unspecified atom stereocenters. The Balaban J connectivity index is 1.83. The van der Waals surface area contributed by atoms with Gasteiger partial charge in [0.2, 0.25) is 0 Å². The molecule has 100 valence electrons. The number of fused-ring (bicyclic) bond motifs is 1. The van der Waals surface area contributed by atoms with E-state index < -0.39 is 0 Å². The Bertz CT molecular complexity index is 560. The molecule has 1 aromatic carbocycles. The van der Waals surface area contributed by atoms with E-state index in [9.17, 15) is 0 Å². The summed E-state index contributed by atoms with van der Waals surface area (Å²) in [5.41, 5.74) is 5.53. The van der Waals surface area contributed by atoms with E-state index in [1.807, 2.05) is 10.9 Å². The Kier molecular flexibility index (Phi) is 3.65. The van der Waals surface area contributed by atoms with Gasteiger partial charge >= 0.3 is 0 Å². The van der Waals surface area contributed by atoms with E-state index in [1.165, 1.54) is 47.9 Å². The summed E-state index contributed by atoms with van der Waals surface area (Å²) in [6.45, 7) is 1.51. The number of methoxy groups -OCH3 is 1. The third-order valence-electron chi connectivity index (χ3n) is 3.84. The lowest BCUT2D eigenvalue weighted by Gasteiger charge is -2.16. The first-order valence-electron chi connectivity index (χ1n) is 7.00. The zero-order chi connectivity index (χ0) is 13.1. The smallest absolute Gasteiger partial charge is 0.0658 e. The predicted molar refractivity (Wildman–Crippen MR) is 76.2 cm³/mol. The lowest BCUT2D eigenvalue weighted by molar-refractivity contribution is 0.183. The number of rotatable bonds is 4. The quantitative estimate of drug-likeness (QED) is 0.840. The minimum atomic E-state index is 0.700. The fourth-order valence-corrected chi connectivity index (χ4v) is 2.73. The van der Waals surface area contributed by atoms with E-state index >= 15 is 0 Å². The molecule has 1 aliphatic rings. The van der Waals surface area contributed by atoms with E-state index in [1.54, 1.807) is 7.11 Å². The van der Waals surface area contributed by atoms with Crippen LogP contribution in [0.3, 0.4) is 0 Å². The summed E-state index contributed by atoms with van der Waals surface area (Å²) in [4.78, 5) is 0. The number of nitrogens with zero attached hydrogens (tertiary/aromatic N) is 2. The molecule has 0 N–H and O–H groups in total. The number of benzene rings is 1. The van der Waals surface area contributed by atoms with Crippen molar-refractivity contribution in [1.29, 1.82) is 0 Å². The van der Waals surface area contributed by atoms with E-state index in [2.05, 4.69) is 29.5 Å². The Morgan fingerprint density at radius 2 is 2.00 bits per heavy atom. The summed E-state index contributed by atoms with van der Waals surface area (Å²) in [6.07, 6.45) is 9.17. The molecule has 0 saturated carbocycles. The van der Waals surface area contributed by atoms with Crippen LogP contribution < -0.4 is 0 Å². The molecule has 1 heterocycles. The summed E-state index contributed by atoms with van der Waals surface area (Å²) in [7, 11) is 1.72. The average Bonchev–Trinajstić information content (AvgIpc) is 2.93. The van der Waals surface area contributed by atoms with Crippen LogP contribution in [0.15, 0.2) is 30.6 Å². The Labute approximate surface area is 114 Å². The fraction of sp³-hybridized carbons (Fsp3) is 0.438. The van der Waals surface area contributed by atoms with Crippen molar-refractivity contribution in [3.63, 3.8) is 0 Å². The van der Waals surface area contributed by atoms with E-state index in [0.29, 0.717) is 6.61 Å². The molecule has 0 aliphatic heterocycles. The minimum Gasteiger partial charge on any atom is -0.383 e. The first-order valence-corrected chi connectivity index (χ1v) is 7.00. The molecule has 1 aromatic heterocycles. The number of hydrogen-bond acceptors (Lipinski definition) is 2. The van der Waals surface area contributed by atoms with Gasteiger partial charge in [-0.3, -0.25) is 4.68 Å². The minimum absolute atomic E-state index is 0.700. The van der Waals surface area contributed by atoms with Gasteiger partial charge in [-0.25, -0.2) is 0 Å². The average molecular weight is 256 g/mol. The van der Waals surface area contributed by atoms with Gasteiger partial charge in [-0.05, 0) is 42.4 Å². The van der Waals surface area contributed by atoms with Crippen LogP contribution >= 0.6 is 0 Å². The Morgan fingerprint density at radius 1 is 1.16 bits per heavy atom. The van der Waals surface area contributed by atoms with Crippen LogP contribution in [0.1, 0.15) is 24.0 Å². The van der Waals surface area contributed by atoms with Crippen molar-refractivity contribution in [3.8, 4) is 11.1 Å². The molecule has 0 bridgehead atoms. The number of aromatic nitrogens is 2. The molecule has 0 saturated heterocycles. The largest absolute Gasteiger partial charge is 0.383 e. The standard InChI is InChI=1S/C16H20N2O/c1-19-9-8-18-12-16(11-17-18)15-7-6-13-4-2-3-5-14(13)10-15/h6-7,10-12H,2-5,8-9H2,1H3. The maximum Gasteiger partial charge on any atom is 0.0658 e. The van der Waals surface area contributed by atoms with Gasteiger partial charge in [0.1, 0.15) is 0 Å². The third-order valence-corrected chi connectivity index (χ3v) is 3.84. The second kappa shape index (κ2) is 5.57. The molecule has 2 aromatic rings. The van der Waals surface area contributed by atoms with Crippen molar-refractivity contribution in [2.75, 3.05) is 13.7 Å². The van der Waals surface area contributed by atoms with Gasteiger partial charge < -0.3 is 4.74 Å². The van der Waals surface area contributed by atoms with Crippen molar-refractivity contribution in [3.05, 3.63) is 41.7 Å². The van der Waals surface area contributed by atoms with Crippen molar-refractivity contribution in [2.24, 2.45) is 0 Å². The number of ether oxygens (including phenoxy) is 1. The maximum absolute atomic E-state index is 5.07. The molecule has 0 radical (unpaired) electrons. The number of aryl methyl sites for hydroxylation is 2. The third kappa shape index (κ3) is 2.71. The zero-order valence-corrected chi connectivity index (χ0v) is 11.4. The van der Waals surface area contributed by atoms with Gasteiger partial charge in [-0.2, -0.15) is 5.10 Å². The SMILES string of the molecule is COCCn1cc(-c2ccc3c(c2)CCCC3)cn1. The van der Waals surface area contributed by atoms with Gasteiger partial charge in [-0.15, -0.1) is 0 Å². The van der Waals surface area contributed by atoms with E-state index in [4.69, 9.17) is 4.74 Å². The molecule has 3 rings (SSSR count). The molecular weight excluding hydrogens is 236 g/mol. The van der Waals surface area contributed by atoms with Crippen LogP contribution in [0, 0.1) is 0 Å². The summed E-state index contributed by atoms with van der Waals surface area (Å²) in [5.74, 6) is 0. The number of hydrogen-bond donors (Lipinski definition) is 0. The van der Waals surface area contributed by atoms with Crippen LogP contribution in [0.5, 0.6) is 0 Å². The molecule has 0 fully saturated rings. The maximum atomic E-state index is 5.07. The van der Waals surface area contributed by atoms with Crippen LogP contribution in [0.25, 0.3) is 11.1 Å². The lowest BCUT2D eigenvalue weighted by atomic mass is 9.89. The van der Waals surface area contributed by atoms with Crippen LogP contribution in [-0.2, 0) is 24.1 Å². The predicted octanol–water partition coefficient (Wildman–Crippen LogP) is 3.08. The fourth-order valence-electron chi connectivity index (χ4n) is 2.73. The topological polar surface area (TPSA) is 27.1 Å². The summed E-state index contributed by atoms with van der Waals surface area (Å²) < 4.78 is 7.02. The lowest BCUT2D eigenvalue weighted by Crippen LogP contribution is -2.04. The van der Waals surface area contributed by atoms with Gasteiger partial charge in [0.05, 0.1) is 19.3 Å². The molecule has 3 heteroatoms. The van der Waals surface area contributed by atoms with Gasteiger partial charge in [0.15, 0.2) is 0 Å². The van der Waals surface area contributed by atoms with Crippen molar-refractivity contribution >= 4 is 0 Å². The molecule has 3 nitrogen and oxygen atoms in total. The molecule has 0 atom stereocenters. The highest BCUT2D eigenvalue weighted by Gasteiger charge is 2.10. The highest BCUT2D eigenvalue weighted by atomic mass is 16.5. The van der Waals surface area contributed by atoms with Crippen LogP contribution in [0.2, 0.25) is 0 Å². The van der Waals surface area contributed by atoms with Gasteiger partial charge in [0.25, 0.3) is 0 Å². The first-order chi connectivity index (χ1) is 9.36. The highest BCUT2D eigenvalue weighted by molar-refractivity contribution is 5.63. The second-order valence-corrected chi connectivity index (χ2v) is 5.18. The van der Waals surface area contributed by atoms with Gasteiger partial charge in [-0.1, -0.05) is 18.2 Å². The molecule has 0 spiro atoms. The summed E-state index contributed by atoms with van der Waals surface area (Å²) >= 11 is 0. The van der Waals surface area contributed by atoms with Crippen LogP contribution in [0.4, 0.5) is 0 Å². The second-order valence-electron chi connectivity index (χ2n) is 5.18. The Morgan fingerprint density at radius 3 is 2.84 bits per heavy atom. The van der Waals surface area contributed by atoms with Crippen molar-refractivity contribution in [1.82, 2.24) is 9.78 Å². The van der Waals surface area contributed by atoms with Crippen molar-refractivity contribution in [2.45, 2.75) is 32.2 Å².